The second-order valence-electron chi connectivity index (χ2n) is 4.27. The highest BCUT2D eigenvalue weighted by Crippen LogP contribution is 2.25. The van der Waals surface area contributed by atoms with Gasteiger partial charge >= 0.3 is 0 Å². The highest BCUT2D eigenvalue weighted by molar-refractivity contribution is 9.10. The first kappa shape index (κ1) is 14.2. The third-order valence-corrected chi connectivity index (χ3v) is 4.87. The summed E-state index contributed by atoms with van der Waals surface area (Å²) in [7, 11) is 0. The van der Waals surface area contributed by atoms with E-state index in [1.165, 1.54) is 11.3 Å². The quantitative estimate of drug-likeness (QED) is 0.904. The molecule has 1 aromatic carbocycles. The molecule has 19 heavy (non-hydrogen) atoms. The van der Waals surface area contributed by atoms with Crippen LogP contribution in [0, 0.1) is 13.8 Å². The number of thiazole rings is 1. The van der Waals surface area contributed by atoms with Gasteiger partial charge in [-0.3, -0.25) is 10.1 Å². The molecule has 0 aliphatic heterocycles. The molecule has 2 aromatic rings. The minimum atomic E-state index is -0.132. The molecular formula is C14H15BrN2OS. The number of anilines is 1. The summed E-state index contributed by atoms with van der Waals surface area (Å²) in [6.45, 7) is 6.04. The summed E-state index contributed by atoms with van der Waals surface area (Å²) in [6, 6.07) is 5.64. The number of rotatable bonds is 3. The van der Waals surface area contributed by atoms with Crippen molar-refractivity contribution in [3.8, 4) is 0 Å². The van der Waals surface area contributed by atoms with Crippen molar-refractivity contribution < 1.29 is 4.79 Å². The predicted octanol–water partition coefficient (Wildman–Crippen LogP) is 4.34. The van der Waals surface area contributed by atoms with Gasteiger partial charge in [-0.05, 0) is 47.8 Å². The summed E-state index contributed by atoms with van der Waals surface area (Å²) < 4.78 is 0.830. The molecule has 0 unspecified atom stereocenters. The van der Waals surface area contributed by atoms with E-state index < -0.39 is 0 Å². The van der Waals surface area contributed by atoms with Gasteiger partial charge in [0.2, 0.25) is 0 Å². The highest BCUT2D eigenvalue weighted by atomic mass is 79.9. The molecule has 3 nitrogen and oxygen atoms in total. The Bertz CT molecular complexity index is 622. The summed E-state index contributed by atoms with van der Waals surface area (Å²) in [4.78, 5) is 17.8. The summed E-state index contributed by atoms with van der Waals surface area (Å²) in [5, 5.41) is 3.52. The van der Waals surface area contributed by atoms with E-state index in [1.54, 1.807) is 6.07 Å². The van der Waals surface area contributed by atoms with Gasteiger partial charge in [0.15, 0.2) is 5.13 Å². The Morgan fingerprint density at radius 2 is 2.16 bits per heavy atom. The lowest BCUT2D eigenvalue weighted by Crippen LogP contribution is -2.12. The second-order valence-corrected chi connectivity index (χ2v) is 6.26. The van der Waals surface area contributed by atoms with Crippen LogP contribution in [0.2, 0.25) is 0 Å². The Morgan fingerprint density at radius 3 is 2.79 bits per heavy atom. The van der Waals surface area contributed by atoms with E-state index in [1.807, 2.05) is 26.0 Å². The van der Waals surface area contributed by atoms with E-state index in [0.29, 0.717) is 10.7 Å². The molecule has 5 heteroatoms. The van der Waals surface area contributed by atoms with Gasteiger partial charge < -0.3 is 0 Å². The molecule has 2 rings (SSSR count). The Kier molecular flexibility index (Phi) is 4.37. The summed E-state index contributed by atoms with van der Waals surface area (Å²) in [5.74, 6) is -0.132. The van der Waals surface area contributed by atoms with Crippen molar-refractivity contribution in [1.82, 2.24) is 4.98 Å². The van der Waals surface area contributed by atoms with Crippen molar-refractivity contribution in [2.24, 2.45) is 0 Å². The molecule has 0 fully saturated rings. The van der Waals surface area contributed by atoms with Crippen LogP contribution < -0.4 is 5.32 Å². The number of aryl methyl sites for hydroxylation is 3. The van der Waals surface area contributed by atoms with Crippen LogP contribution in [0.25, 0.3) is 0 Å². The van der Waals surface area contributed by atoms with Crippen molar-refractivity contribution >= 4 is 38.3 Å². The molecule has 1 heterocycles. The van der Waals surface area contributed by atoms with E-state index >= 15 is 0 Å². The van der Waals surface area contributed by atoms with Gasteiger partial charge in [-0.1, -0.05) is 19.1 Å². The minimum Gasteiger partial charge on any atom is -0.298 e. The van der Waals surface area contributed by atoms with Crippen LogP contribution in [-0.2, 0) is 6.42 Å². The number of carbonyl (C=O) groups is 1. The lowest BCUT2D eigenvalue weighted by molar-refractivity contribution is 0.102. The molecule has 0 spiro atoms. The maximum atomic E-state index is 12.2. The average Bonchev–Trinajstić information content (AvgIpc) is 2.72. The van der Waals surface area contributed by atoms with Crippen LogP contribution >= 0.6 is 27.3 Å². The number of hydrogen-bond acceptors (Lipinski definition) is 3. The first-order valence-corrected chi connectivity index (χ1v) is 7.66. The molecule has 0 aliphatic rings. The fourth-order valence-electron chi connectivity index (χ4n) is 1.80. The first-order valence-electron chi connectivity index (χ1n) is 6.05. The molecule has 0 saturated heterocycles. The number of nitrogens with one attached hydrogen (secondary N) is 1. The Labute approximate surface area is 125 Å². The third-order valence-electron chi connectivity index (χ3n) is 2.88. The van der Waals surface area contributed by atoms with E-state index in [2.05, 4.69) is 33.2 Å². The lowest BCUT2D eigenvalue weighted by atomic mass is 10.1. The first-order chi connectivity index (χ1) is 9.02. The number of nitrogens with zero attached hydrogens (tertiary/aromatic N) is 1. The Hall–Kier alpha value is -1.20. The van der Waals surface area contributed by atoms with Gasteiger partial charge in [0, 0.05) is 9.35 Å². The maximum absolute atomic E-state index is 12.2. The van der Waals surface area contributed by atoms with Gasteiger partial charge in [-0.2, -0.15) is 0 Å². The van der Waals surface area contributed by atoms with Gasteiger partial charge in [-0.15, -0.1) is 11.3 Å². The number of halogens is 1. The van der Waals surface area contributed by atoms with E-state index in [-0.39, 0.29) is 5.91 Å². The summed E-state index contributed by atoms with van der Waals surface area (Å²) in [5.41, 5.74) is 2.71. The van der Waals surface area contributed by atoms with Crippen molar-refractivity contribution in [2.75, 3.05) is 5.32 Å². The molecule has 0 aliphatic carbocycles. The molecule has 100 valence electrons. The van der Waals surface area contributed by atoms with Gasteiger partial charge in [-0.25, -0.2) is 4.98 Å². The van der Waals surface area contributed by atoms with E-state index in [9.17, 15) is 4.79 Å². The topological polar surface area (TPSA) is 42.0 Å². The molecule has 1 amide bonds. The Balaban J connectivity index is 2.23. The smallest absolute Gasteiger partial charge is 0.258 e. The molecular weight excluding hydrogens is 324 g/mol. The second kappa shape index (κ2) is 5.84. The van der Waals surface area contributed by atoms with Crippen molar-refractivity contribution in [3.63, 3.8) is 0 Å². The number of aromatic nitrogens is 1. The van der Waals surface area contributed by atoms with Crippen molar-refractivity contribution in [2.45, 2.75) is 27.2 Å². The van der Waals surface area contributed by atoms with Crippen molar-refractivity contribution in [3.05, 3.63) is 44.4 Å². The van der Waals surface area contributed by atoms with Crippen LogP contribution in [-0.4, -0.2) is 10.9 Å². The SMILES string of the molecule is CCc1nc(NC(=O)c2cccc(C)c2Br)sc1C. The molecule has 0 bridgehead atoms. The zero-order valence-electron chi connectivity index (χ0n) is 11.1. The zero-order chi connectivity index (χ0) is 14.0. The van der Waals surface area contributed by atoms with Crippen LogP contribution in [0.15, 0.2) is 22.7 Å². The maximum Gasteiger partial charge on any atom is 0.258 e. The molecule has 1 N–H and O–H groups in total. The van der Waals surface area contributed by atoms with Gasteiger partial charge in [0.05, 0.1) is 11.3 Å². The molecule has 0 atom stereocenters. The molecule has 1 aromatic heterocycles. The van der Waals surface area contributed by atoms with E-state index in [0.717, 1.165) is 27.0 Å². The van der Waals surface area contributed by atoms with Gasteiger partial charge in [0.25, 0.3) is 5.91 Å². The van der Waals surface area contributed by atoms with Crippen LogP contribution in [0.4, 0.5) is 5.13 Å². The minimum absolute atomic E-state index is 0.132. The third kappa shape index (κ3) is 3.04. The number of benzene rings is 1. The zero-order valence-corrected chi connectivity index (χ0v) is 13.5. The Morgan fingerprint density at radius 1 is 1.42 bits per heavy atom. The predicted molar refractivity (Wildman–Crippen MR) is 83.1 cm³/mol. The fraction of sp³-hybridized carbons (Fsp3) is 0.286. The standard InChI is InChI=1S/C14H15BrN2OS/c1-4-11-9(3)19-14(16-11)17-13(18)10-7-5-6-8(2)12(10)15/h5-7H,4H2,1-3H3,(H,16,17,18). The van der Waals surface area contributed by atoms with Crippen LogP contribution in [0.5, 0.6) is 0 Å². The largest absolute Gasteiger partial charge is 0.298 e. The number of amides is 1. The monoisotopic (exact) mass is 338 g/mol. The average molecular weight is 339 g/mol. The lowest BCUT2D eigenvalue weighted by Gasteiger charge is -2.06. The fourth-order valence-corrected chi connectivity index (χ4v) is 3.14. The molecule has 0 radical (unpaired) electrons. The van der Waals surface area contributed by atoms with Crippen molar-refractivity contribution in [1.29, 1.82) is 0 Å². The normalized spacial score (nSPS) is 10.5. The number of carbonyl (C=O) groups excluding carboxylic acids is 1. The van der Waals surface area contributed by atoms with Gasteiger partial charge in [0.1, 0.15) is 0 Å². The highest BCUT2D eigenvalue weighted by Gasteiger charge is 2.14. The van der Waals surface area contributed by atoms with E-state index in [4.69, 9.17) is 0 Å². The number of hydrogen-bond donors (Lipinski definition) is 1. The summed E-state index contributed by atoms with van der Waals surface area (Å²) in [6.07, 6.45) is 0.881. The van der Waals surface area contributed by atoms with Crippen LogP contribution in [0.3, 0.4) is 0 Å². The van der Waals surface area contributed by atoms with Crippen LogP contribution in [0.1, 0.15) is 33.4 Å². The summed E-state index contributed by atoms with van der Waals surface area (Å²) >= 11 is 4.96. The molecule has 0 saturated carbocycles.